The Hall–Kier alpha value is -3.88. The lowest BCUT2D eigenvalue weighted by Gasteiger charge is -2.39. The molecule has 1 saturated carbocycles. The molecule has 6 rings (SSSR count). The van der Waals surface area contributed by atoms with Crippen molar-refractivity contribution in [2.75, 3.05) is 31.1 Å². The topological polar surface area (TPSA) is 56.3 Å². The zero-order valence-electron chi connectivity index (χ0n) is 19.6. The Labute approximate surface area is 206 Å². The minimum absolute atomic E-state index is 0.207. The molecule has 35 heavy (non-hydrogen) atoms. The van der Waals surface area contributed by atoms with E-state index in [4.69, 9.17) is 4.42 Å². The fourth-order valence-electron chi connectivity index (χ4n) is 5.38. The Bertz CT molecular complexity index is 1270. The van der Waals surface area contributed by atoms with E-state index < -0.39 is 0 Å². The Kier molecular flexibility index (Phi) is 5.81. The van der Waals surface area contributed by atoms with E-state index in [2.05, 4.69) is 106 Å². The van der Waals surface area contributed by atoms with Gasteiger partial charge in [-0.1, -0.05) is 91.0 Å². The van der Waals surface area contributed by atoms with E-state index in [1.165, 1.54) is 16.7 Å². The van der Waals surface area contributed by atoms with Crippen LogP contribution < -0.4 is 4.90 Å². The van der Waals surface area contributed by atoms with Crippen LogP contribution in [0.5, 0.6) is 0 Å². The Morgan fingerprint density at radius 1 is 0.771 bits per heavy atom. The van der Waals surface area contributed by atoms with Crippen LogP contribution in [-0.2, 0) is 0 Å². The maximum Gasteiger partial charge on any atom is 0.234 e. The SMILES string of the molecule is N#Cc1nc([C@@H]2C[C@H]2c2ccccc2)oc1N1CCN(C(c2ccccc2)c2ccccc2)CC1. The third-order valence-electron chi connectivity index (χ3n) is 7.26. The summed E-state index contributed by atoms with van der Waals surface area (Å²) >= 11 is 0. The van der Waals surface area contributed by atoms with Crippen molar-refractivity contribution in [3.05, 3.63) is 119 Å². The second-order valence-electron chi connectivity index (χ2n) is 9.42. The summed E-state index contributed by atoms with van der Waals surface area (Å²) in [4.78, 5) is 9.33. The van der Waals surface area contributed by atoms with Crippen LogP contribution in [0.1, 0.15) is 52.6 Å². The molecular formula is C30H28N4O. The molecule has 5 heteroatoms. The summed E-state index contributed by atoms with van der Waals surface area (Å²) in [5.74, 6) is 2.04. The Morgan fingerprint density at radius 3 is 1.91 bits per heavy atom. The lowest BCUT2D eigenvalue weighted by molar-refractivity contribution is 0.209. The van der Waals surface area contributed by atoms with Gasteiger partial charge in [0.1, 0.15) is 6.07 Å². The van der Waals surface area contributed by atoms with Crippen LogP contribution in [0.4, 0.5) is 5.88 Å². The zero-order valence-corrected chi connectivity index (χ0v) is 19.6. The summed E-state index contributed by atoms with van der Waals surface area (Å²) in [5, 5.41) is 9.78. The largest absolute Gasteiger partial charge is 0.423 e. The first-order valence-corrected chi connectivity index (χ1v) is 12.4. The van der Waals surface area contributed by atoms with Crippen molar-refractivity contribution in [3.8, 4) is 6.07 Å². The van der Waals surface area contributed by atoms with Crippen LogP contribution in [0.25, 0.3) is 0 Å². The molecule has 1 saturated heterocycles. The lowest BCUT2D eigenvalue weighted by atomic mass is 9.96. The highest BCUT2D eigenvalue weighted by Gasteiger charge is 2.44. The number of piperazine rings is 1. The molecule has 0 radical (unpaired) electrons. The van der Waals surface area contributed by atoms with E-state index in [0.717, 1.165) is 32.6 Å². The van der Waals surface area contributed by atoms with Crippen LogP contribution in [-0.4, -0.2) is 36.1 Å². The van der Waals surface area contributed by atoms with Gasteiger partial charge in [0, 0.05) is 32.1 Å². The second-order valence-corrected chi connectivity index (χ2v) is 9.42. The maximum absolute atomic E-state index is 9.78. The second kappa shape index (κ2) is 9.40. The van der Waals surface area contributed by atoms with E-state index in [9.17, 15) is 5.26 Å². The van der Waals surface area contributed by atoms with Gasteiger partial charge in [-0.25, -0.2) is 4.98 Å². The molecule has 4 aromatic rings. The minimum Gasteiger partial charge on any atom is -0.423 e. The van der Waals surface area contributed by atoms with Crippen LogP contribution in [0.2, 0.25) is 0 Å². The van der Waals surface area contributed by atoms with Crippen molar-refractivity contribution in [3.63, 3.8) is 0 Å². The van der Waals surface area contributed by atoms with Gasteiger partial charge >= 0.3 is 0 Å². The average molecular weight is 461 g/mol. The van der Waals surface area contributed by atoms with Gasteiger partial charge in [0.15, 0.2) is 0 Å². The molecule has 0 N–H and O–H groups in total. The predicted molar refractivity (Wildman–Crippen MR) is 136 cm³/mol. The van der Waals surface area contributed by atoms with E-state index in [1.54, 1.807) is 0 Å². The fraction of sp³-hybridized carbons (Fsp3) is 0.267. The standard InChI is InChI=1S/C30H28N4O/c31-21-27-30(35-29(32-27)26-20-25(26)22-10-4-1-5-11-22)34-18-16-33(17-19-34)28(23-12-6-2-7-13-23)24-14-8-3-9-15-24/h1-15,25-26,28H,16-20H2/t25-,26+/m0/s1. The van der Waals surface area contributed by atoms with Crippen molar-refractivity contribution >= 4 is 5.88 Å². The van der Waals surface area contributed by atoms with Gasteiger partial charge in [0.2, 0.25) is 17.5 Å². The zero-order chi connectivity index (χ0) is 23.6. The van der Waals surface area contributed by atoms with E-state index >= 15 is 0 Å². The molecule has 1 aliphatic carbocycles. The molecule has 1 aliphatic heterocycles. The van der Waals surface area contributed by atoms with Crippen molar-refractivity contribution in [2.45, 2.75) is 24.3 Å². The van der Waals surface area contributed by atoms with Gasteiger partial charge in [0.25, 0.3) is 0 Å². The van der Waals surface area contributed by atoms with Crippen LogP contribution >= 0.6 is 0 Å². The first-order valence-electron chi connectivity index (χ1n) is 12.4. The third-order valence-corrected chi connectivity index (χ3v) is 7.26. The molecule has 0 spiro atoms. The minimum atomic E-state index is 0.207. The highest BCUT2D eigenvalue weighted by molar-refractivity contribution is 5.49. The van der Waals surface area contributed by atoms with Crippen molar-refractivity contribution in [1.29, 1.82) is 5.26 Å². The van der Waals surface area contributed by atoms with Crippen LogP contribution in [0.3, 0.4) is 0 Å². The van der Waals surface area contributed by atoms with Gasteiger partial charge < -0.3 is 9.32 Å². The van der Waals surface area contributed by atoms with E-state index in [1.807, 2.05) is 6.07 Å². The van der Waals surface area contributed by atoms with Gasteiger partial charge in [0.05, 0.1) is 6.04 Å². The normalized spacial score (nSPS) is 20.1. The van der Waals surface area contributed by atoms with Gasteiger partial charge in [-0.3, -0.25) is 4.90 Å². The lowest BCUT2D eigenvalue weighted by Crippen LogP contribution is -2.48. The number of nitrogens with zero attached hydrogens (tertiary/aromatic N) is 4. The number of hydrogen-bond acceptors (Lipinski definition) is 5. The quantitative estimate of drug-likeness (QED) is 0.368. The highest BCUT2D eigenvalue weighted by atomic mass is 16.4. The highest BCUT2D eigenvalue weighted by Crippen LogP contribution is 2.54. The van der Waals surface area contributed by atoms with Crippen LogP contribution in [0.15, 0.2) is 95.4 Å². The molecule has 2 fully saturated rings. The first-order chi connectivity index (χ1) is 17.3. The van der Waals surface area contributed by atoms with E-state index in [-0.39, 0.29) is 12.0 Å². The predicted octanol–water partition coefficient (Wildman–Crippen LogP) is 5.73. The fourth-order valence-corrected chi connectivity index (χ4v) is 5.38. The Balaban J connectivity index is 1.19. The summed E-state index contributed by atoms with van der Waals surface area (Å²) in [6.45, 7) is 3.36. The monoisotopic (exact) mass is 460 g/mol. The first kappa shape index (κ1) is 21.6. The average Bonchev–Trinajstić information content (AvgIpc) is 3.62. The molecular weight excluding hydrogens is 432 g/mol. The number of benzene rings is 3. The molecule has 1 aromatic heterocycles. The molecule has 2 aliphatic rings. The van der Waals surface area contributed by atoms with E-state index in [0.29, 0.717) is 23.4 Å². The van der Waals surface area contributed by atoms with Gasteiger partial charge in [-0.05, 0) is 29.0 Å². The summed E-state index contributed by atoms with van der Waals surface area (Å²) in [7, 11) is 0. The smallest absolute Gasteiger partial charge is 0.234 e. The number of nitriles is 1. The van der Waals surface area contributed by atoms with Crippen molar-refractivity contribution < 1.29 is 4.42 Å². The molecule has 0 unspecified atom stereocenters. The number of anilines is 1. The molecule has 2 atom stereocenters. The summed E-state index contributed by atoms with van der Waals surface area (Å²) in [5.41, 5.74) is 4.33. The molecule has 2 heterocycles. The van der Waals surface area contributed by atoms with Crippen LogP contribution in [0, 0.1) is 11.3 Å². The number of hydrogen-bond donors (Lipinski definition) is 0. The molecule has 0 bridgehead atoms. The number of oxazole rings is 1. The maximum atomic E-state index is 9.78. The number of aromatic nitrogens is 1. The molecule has 174 valence electrons. The van der Waals surface area contributed by atoms with Gasteiger partial charge in [-0.2, -0.15) is 5.26 Å². The molecule has 5 nitrogen and oxygen atoms in total. The summed E-state index contributed by atoms with van der Waals surface area (Å²) < 4.78 is 6.26. The number of rotatable bonds is 6. The third kappa shape index (κ3) is 4.34. The summed E-state index contributed by atoms with van der Waals surface area (Å²) in [6.07, 6.45) is 1.03. The van der Waals surface area contributed by atoms with Crippen molar-refractivity contribution in [1.82, 2.24) is 9.88 Å². The van der Waals surface area contributed by atoms with Gasteiger partial charge in [-0.15, -0.1) is 0 Å². The van der Waals surface area contributed by atoms with Crippen molar-refractivity contribution in [2.24, 2.45) is 0 Å². The molecule has 3 aromatic carbocycles. The Morgan fingerprint density at radius 2 is 1.34 bits per heavy atom. The summed E-state index contributed by atoms with van der Waals surface area (Å²) in [6, 6.07) is 34.4. The molecule has 0 amide bonds.